The Balaban J connectivity index is -0.000000224. The minimum absolute atomic E-state index is 1.08. The summed E-state index contributed by atoms with van der Waals surface area (Å²) in [5.41, 5.74) is -11.3. The standard InChI is InChI=1S/C2H6Si.2CHF3O3S/c1-3-2;2*2-1(3,4)8(5,6)7/h1-2H3;2*(H,5,6,7)/q+2;;/p-2. The smallest absolute Gasteiger partial charge is 0.741 e. The van der Waals surface area contributed by atoms with Crippen LogP contribution in [0.5, 0.6) is 0 Å². The van der Waals surface area contributed by atoms with Crippen molar-refractivity contribution in [2.75, 3.05) is 0 Å². The highest BCUT2D eigenvalue weighted by molar-refractivity contribution is 7.86. The van der Waals surface area contributed by atoms with Crippen LogP contribution in [0.1, 0.15) is 0 Å². The minimum atomic E-state index is -6.09. The van der Waals surface area contributed by atoms with Crippen LogP contribution >= 0.6 is 0 Å². The average Bonchev–Trinajstić information content (AvgIpc) is 1.97. The average molecular weight is 356 g/mol. The number of hydrogen-bond acceptors (Lipinski definition) is 6. The van der Waals surface area contributed by atoms with Crippen molar-refractivity contribution >= 4 is 29.8 Å². The summed E-state index contributed by atoms with van der Waals surface area (Å²) in [6, 6.07) is 0. The lowest BCUT2D eigenvalue weighted by atomic mass is 11.6. The van der Waals surface area contributed by atoms with Crippen LogP contribution in [0, 0.1) is 0 Å². The Morgan fingerprint density at radius 2 is 0.789 bits per heavy atom. The van der Waals surface area contributed by atoms with Crippen LogP contribution in [-0.2, 0) is 20.2 Å². The molecule has 0 aromatic rings. The second kappa shape index (κ2) is 8.03. The molecule has 0 fully saturated rings. The van der Waals surface area contributed by atoms with Crippen LogP contribution < -0.4 is 0 Å². The van der Waals surface area contributed by atoms with E-state index in [9.17, 15) is 26.3 Å². The summed E-state index contributed by atoms with van der Waals surface area (Å²) >= 11 is 0. The van der Waals surface area contributed by atoms with Crippen LogP contribution in [-0.4, -0.2) is 46.5 Å². The first-order valence-electron chi connectivity index (χ1n) is 3.54. The van der Waals surface area contributed by atoms with Crippen molar-refractivity contribution in [3.63, 3.8) is 0 Å². The lowest BCUT2D eigenvalue weighted by Crippen LogP contribution is -2.21. The fourth-order valence-electron chi connectivity index (χ4n) is 0. The van der Waals surface area contributed by atoms with E-state index < -0.39 is 31.3 Å². The summed E-state index contributed by atoms with van der Waals surface area (Å²) in [5, 5.41) is 0. The molecule has 19 heavy (non-hydrogen) atoms. The summed E-state index contributed by atoms with van der Waals surface area (Å²) in [5.74, 6) is 0. The second-order valence-corrected chi connectivity index (χ2v) is 6.04. The van der Waals surface area contributed by atoms with Gasteiger partial charge in [-0.15, -0.1) is 0 Å². The molecule has 0 amide bonds. The Morgan fingerprint density at radius 3 is 0.789 bits per heavy atom. The van der Waals surface area contributed by atoms with Gasteiger partial charge in [-0.05, 0) is 0 Å². The minimum Gasteiger partial charge on any atom is -0.741 e. The molecule has 0 radical (unpaired) electrons. The Kier molecular flexibility index (Phi) is 10.0. The zero-order chi connectivity index (χ0) is 16.7. The maximum atomic E-state index is 10.7. The Labute approximate surface area is 107 Å². The van der Waals surface area contributed by atoms with Crippen molar-refractivity contribution in [3.05, 3.63) is 0 Å². The number of rotatable bonds is 0. The molecule has 0 N–H and O–H groups in total. The number of alkyl halides is 6. The van der Waals surface area contributed by atoms with Crippen LogP contribution in [0.15, 0.2) is 0 Å². The van der Waals surface area contributed by atoms with Gasteiger partial charge in [0.1, 0.15) is 0 Å². The van der Waals surface area contributed by atoms with Gasteiger partial charge in [-0.25, -0.2) is 16.8 Å². The Morgan fingerprint density at radius 1 is 0.737 bits per heavy atom. The van der Waals surface area contributed by atoms with Crippen LogP contribution in [0.25, 0.3) is 0 Å². The zero-order valence-electron chi connectivity index (χ0n) is 9.03. The van der Waals surface area contributed by atoms with Crippen LogP contribution in [0.3, 0.4) is 0 Å². The van der Waals surface area contributed by atoms with Gasteiger partial charge in [-0.3, -0.25) is 0 Å². The second-order valence-electron chi connectivity index (χ2n) is 2.30. The van der Waals surface area contributed by atoms with Crippen molar-refractivity contribution in [3.8, 4) is 0 Å². The topological polar surface area (TPSA) is 114 Å². The van der Waals surface area contributed by atoms with Gasteiger partial charge < -0.3 is 9.11 Å². The molecule has 0 aromatic carbocycles. The molecule has 0 aliphatic rings. The van der Waals surface area contributed by atoms with Gasteiger partial charge in [-0.2, -0.15) is 26.3 Å². The van der Waals surface area contributed by atoms with E-state index in [4.69, 9.17) is 25.9 Å². The molecular formula is C4H6F6O6S2Si. The molecule has 15 heteroatoms. The summed E-state index contributed by atoms with van der Waals surface area (Å²) in [7, 11) is -11.1. The lowest BCUT2D eigenvalue weighted by Gasteiger charge is -2.08. The van der Waals surface area contributed by atoms with Gasteiger partial charge in [0, 0.05) is 0 Å². The van der Waals surface area contributed by atoms with Gasteiger partial charge in [0.25, 0.3) is 0 Å². The molecule has 0 saturated carbocycles. The summed E-state index contributed by atoms with van der Waals surface area (Å²) in [4.78, 5) is 0. The number of hydrogen-bond donors (Lipinski definition) is 0. The van der Waals surface area contributed by atoms with E-state index in [1.165, 1.54) is 0 Å². The Hall–Kier alpha value is -0.383. The van der Waals surface area contributed by atoms with E-state index in [1.54, 1.807) is 0 Å². The van der Waals surface area contributed by atoms with E-state index in [0.717, 1.165) is 9.52 Å². The highest BCUT2D eigenvalue weighted by Crippen LogP contribution is 2.21. The maximum Gasteiger partial charge on any atom is 0.895 e. The summed E-state index contributed by atoms with van der Waals surface area (Å²) < 4.78 is 118. The van der Waals surface area contributed by atoms with E-state index in [2.05, 4.69) is 13.1 Å². The first-order chi connectivity index (χ1) is 7.91. The third-order valence-electron chi connectivity index (χ3n) is 0.567. The van der Waals surface area contributed by atoms with Gasteiger partial charge in [-0.1, -0.05) is 0 Å². The monoisotopic (exact) mass is 356 g/mol. The van der Waals surface area contributed by atoms with Crippen molar-refractivity contribution in [1.29, 1.82) is 0 Å². The summed E-state index contributed by atoms with van der Waals surface area (Å²) in [6.07, 6.45) is 0. The van der Waals surface area contributed by atoms with E-state index in [1.807, 2.05) is 0 Å². The van der Waals surface area contributed by atoms with Gasteiger partial charge in [0.2, 0.25) is 13.1 Å². The fraction of sp³-hybridized carbons (Fsp3) is 1.00. The predicted molar refractivity (Wildman–Crippen MR) is 49.0 cm³/mol. The molecule has 0 bridgehead atoms. The molecule has 0 heterocycles. The van der Waals surface area contributed by atoms with Gasteiger partial charge in [0.05, 0.1) is 0 Å². The predicted octanol–water partition coefficient (Wildman–Crippen LogP) is 0.890. The first-order valence-corrected chi connectivity index (χ1v) is 8.36. The molecule has 0 unspecified atom stereocenters. The molecule has 0 aliphatic heterocycles. The molecule has 0 spiro atoms. The van der Waals surface area contributed by atoms with Crippen molar-refractivity contribution in [1.82, 2.24) is 0 Å². The zero-order valence-corrected chi connectivity index (χ0v) is 11.7. The van der Waals surface area contributed by atoms with Crippen LogP contribution in [0.2, 0.25) is 13.1 Å². The molecule has 0 aromatic heterocycles. The summed E-state index contributed by atoms with van der Waals surface area (Å²) in [6.45, 7) is 4.31. The third kappa shape index (κ3) is 13.8. The molecule has 0 rings (SSSR count). The Bertz CT molecular complexity index is 393. The molecule has 0 atom stereocenters. The van der Waals surface area contributed by atoms with Gasteiger partial charge in [0.15, 0.2) is 20.2 Å². The quantitative estimate of drug-likeness (QED) is 0.276. The maximum absolute atomic E-state index is 10.7. The highest BCUT2D eigenvalue weighted by Gasteiger charge is 2.37. The molecule has 0 aliphatic carbocycles. The normalized spacial score (nSPS) is 12.3. The fourth-order valence-corrected chi connectivity index (χ4v) is 0. The lowest BCUT2D eigenvalue weighted by molar-refractivity contribution is -0.0522. The third-order valence-corrected chi connectivity index (χ3v) is 1.70. The highest BCUT2D eigenvalue weighted by atomic mass is 32.2. The number of halogens is 6. The van der Waals surface area contributed by atoms with E-state index in [-0.39, 0.29) is 0 Å². The van der Waals surface area contributed by atoms with Crippen molar-refractivity contribution in [2.45, 2.75) is 24.1 Å². The van der Waals surface area contributed by atoms with E-state index >= 15 is 0 Å². The molecule has 116 valence electrons. The molecular weight excluding hydrogens is 350 g/mol. The first kappa shape index (κ1) is 23.7. The SMILES string of the molecule is C[Si+2]C.O=S(=O)([O-])C(F)(F)F.O=S(=O)([O-])C(F)(F)F. The van der Waals surface area contributed by atoms with Crippen LogP contribution in [0.4, 0.5) is 26.3 Å². The van der Waals surface area contributed by atoms with E-state index in [0.29, 0.717) is 0 Å². The van der Waals surface area contributed by atoms with Gasteiger partial charge >= 0.3 is 20.5 Å². The molecule has 0 saturated heterocycles. The largest absolute Gasteiger partial charge is 0.895 e. The molecule has 6 nitrogen and oxygen atoms in total. The van der Waals surface area contributed by atoms with Crippen molar-refractivity contribution in [2.24, 2.45) is 0 Å². The van der Waals surface area contributed by atoms with Crippen molar-refractivity contribution < 1.29 is 52.3 Å².